The van der Waals surface area contributed by atoms with Crippen LogP contribution in [-0.4, -0.2) is 41.1 Å². The van der Waals surface area contributed by atoms with E-state index >= 15 is 0 Å². The number of para-hydroxylation sites is 1. The van der Waals surface area contributed by atoms with Gasteiger partial charge in [-0.1, -0.05) is 30.3 Å². The Labute approximate surface area is 167 Å². The molecule has 0 saturated heterocycles. The molecule has 0 fully saturated rings. The smallest absolute Gasteiger partial charge is 0.238 e. The predicted octanol–water partition coefficient (Wildman–Crippen LogP) is 1.68. The van der Waals surface area contributed by atoms with Gasteiger partial charge in [-0.05, 0) is 49.1 Å². The second-order valence-corrected chi connectivity index (χ2v) is 7.75. The van der Waals surface area contributed by atoms with Crippen molar-refractivity contribution < 1.29 is 13.2 Å². The summed E-state index contributed by atoms with van der Waals surface area (Å²) in [6.45, 7) is 4.10. The van der Waals surface area contributed by atoms with E-state index in [9.17, 15) is 8.42 Å². The fourth-order valence-electron chi connectivity index (χ4n) is 2.71. The van der Waals surface area contributed by atoms with E-state index < -0.39 is 10.0 Å². The minimum absolute atomic E-state index is 0.121. The summed E-state index contributed by atoms with van der Waals surface area (Å²) in [6.07, 6.45) is 1.53. The Morgan fingerprint density at radius 2 is 1.79 bits per heavy atom. The zero-order valence-electron chi connectivity index (χ0n) is 16.3. The molecule has 0 aliphatic heterocycles. The van der Waals surface area contributed by atoms with E-state index in [1.54, 1.807) is 19.2 Å². The molecule has 0 amide bonds. The van der Waals surface area contributed by atoms with Crippen LogP contribution < -0.4 is 20.5 Å². The summed E-state index contributed by atoms with van der Waals surface area (Å²) in [5.74, 6) is 1.62. The maximum atomic E-state index is 11.3. The van der Waals surface area contributed by atoms with Gasteiger partial charge in [0.1, 0.15) is 5.75 Å². The summed E-state index contributed by atoms with van der Waals surface area (Å²) in [7, 11) is -1.98. The number of hydrogen-bond acceptors (Lipinski definition) is 4. The molecule has 0 heterocycles. The third-order valence-corrected chi connectivity index (χ3v) is 5.08. The SMILES string of the molecule is CCNC(=NCCc1ccccc1OC)NCCc1ccc(S(N)(=O)=O)cc1. The van der Waals surface area contributed by atoms with Crippen LogP contribution in [0.3, 0.4) is 0 Å². The molecule has 0 aromatic heterocycles. The molecular formula is C20H28N4O3S. The molecule has 0 saturated carbocycles. The summed E-state index contributed by atoms with van der Waals surface area (Å²) in [6, 6.07) is 14.5. The third-order valence-electron chi connectivity index (χ3n) is 4.15. The molecular weight excluding hydrogens is 376 g/mol. The van der Waals surface area contributed by atoms with Gasteiger partial charge in [-0.15, -0.1) is 0 Å². The van der Waals surface area contributed by atoms with Crippen LogP contribution in [0, 0.1) is 0 Å². The Bertz CT molecular complexity index is 881. The second-order valence-electron chi connectivity index (χ2n) is 6.19. The quantitative estimate of drug-likeness (QED) is 0.436. The lowest BCUT2D eigenvalue weighted by Gasteiger charge is -2.12. The number of primary sulfonamides is 1. The molecule has 2 aromatic carbocycles. The molecule has 0 bridgehead atoms. The van der Waals surface area contributed by atoms with Crippen LogP contribution in [-0.2, 0) is 22.9 Å². The highest BCUT2D eigenvalue weighted by molar-refractivity contribution is 7.89. The Balaban J connectivity index is 1.87. The summed E-state index contributed by atoms with van der Waals surface area (Å²) >= 11 is 0. The number of ether oxygens (including phenoxy) is 1. The van der Waals surface area contributed by atoms with Crippen LogP contribution in [0.4, 0.5) is 0 Å². The van der Waals surface area contributed by atoms with Crippen molar-refractivity contribution in [3.8, 4) is 5.75 Å². The van der Waals surface area contributed by atoms with Gasteiger partial charge in [-0.2, -0.15) is 0 Å². The lowest BCUT2D eigenvalue weighted by molar-refractivity contribution is 0.410. The molecule has 2 rings (SSSR count). The first kappa shape index (κ1) is 21.7. The second kappa shape index (κ2) is 10.7. The highest BCUT2D eigenvalue weighted by atomic mass is 32.2. The number of nitrogens with one attached hydrogen (secondary N) is 2. The number of benzene rings is 2. The molecule has 7 nitrogen and oxygen atoms in total. The van der Waals surface area contributed by atoms with E-state index in [0.717, 1.165) is 42.2 Å². The van der Waals surface area contributed by atoms with Gasteiger partial charge in [0, 0.05) is 19.6 Å². The lowest BCUT2D eigenvalue weighted by atomic mass is 10.1. The van der Waals surface area contributed by atoms with Gasteiger partial charge in [0.05, 0.1) is 12.0 Å². The minimum atomic E-state index is -3.65. The third kappa shape index (κ3) is 6.86. The normalized spacial score (nSPS) is 11.9. The average molecular weight is 405 g/mol. The van der Waals surface area contributed by atoms with Gasteiger partial charge in [-0.3, -0.25) is 4.99 Å². The number of sulfonamides is 1. The molecule has 0 aliphatic carbocycles. The minimum Gasteiger partial charge on any atom is -0.496 e. The summed E-state index contributed by atoms with van der Waals surface area (Å²) in [5, 5.41) is 11.6. The first-order valence-electron chi connectivity index (χ1n) is 9.20. The van der Waals surface area contributed by atoms with Crippen molar-refractivity contribution in [2.24, 2.45) is 10.1 Å². The van der Waals surface area contributed by atoms with Crippen molar-refractivity contribution in [3.63, 3.8) is 0 Å². The van der Waals surface area contributed by atoms with Crippen molar-refractivity contribution in [1.29, 1.82) is 0 Å². The van der Waals surface area contributed by atoms with Crippen molar-refractivity contribution in [2.75, 3.05) is 26.7 Å². The fourth-order valence-corrected chi connectivity index (χ4v) is 3.23. The zero-order valence-corrected chi connectivity index (χ0v) is 17.1. The van der Waals surface area contributed by atoms with E-state index in [1.807, 2.05) is 31.2 Å². The number of nitrogens with zero attached hydrogens (tertiary/aromatic N) is 1. The molecule has 4 N–H and O–H groups in total. The van der Waals surface area contributed by atoms with Crippen LogP contribution in [0.25, 0.3) is 0 Å². The number of aliphatic imine (C=N–C) groups is 1. The van der Waals surface area contributed by atoms with Crippen LogP contribution in [0.15, 0.2) is 58.4 Å². The number of guanidine groups is 1. The number of nitrogens with two attached hydrogens (primary N) is 1. The van der Waals surface area contributed by atoms with Crippen LogP contribution in [0.2, 0.25) is 0 Å². The van der Waals surface area contributed by atoms with Gasteiger partial charge in [0.2, 0.25) is 10.0 Å². The summed E-state index contributed by atoms with van der Waals surface area (Å²) in [5.41, 5.74) is 2.14. The van der Waals surface area contributed by atoms with Crippen molar-refractivity contribution in [2.45, 2.75) is 24.7 Å². The first-order valence-corrected chi connectivity index (χ1v) is 10.7. The maximum Gasteiger partial charge on any atom is 0.238 e. The Hall–Kier alpha value is -2.58. The van der Waals surface area contributed by atoms with E-state index in [0.29, 0.717) is 13.1 Å². The first-order chi connectivity index (χ1) is 13.4. The Morgan fingerprint density at radius 3 is 2.43 bits per heavy atom. The van der Waals surface area contributed by atoms with Gasteiger partial charge >= 0.3 is 0 Å². The van der Waals surface area contributed by atoms with Gasteiger partial charge in [0.15, 0.2) is 5.96 Å². The molecule has 0 unspecified atom stereocenters. The predicted molar refractivity (Wildman–Crippen MR) is 112 cm³/mol. The molecule has 2 aromatic rings. The fraction of sp³-hybridized carbons (Fsp3) is 0.350. The molecule has 0 atom stereocenters. The van der Waals surface area contributed by atoms with Crippen LogP contribution in [0.1, 0.15) is 18.1 Å². The molecule has 28 heavy (non-hydrogen) atoms. The summed E-state index contributed by atoms with van der Waals surface area (Å²) < 4.78 is 28.0. The van der Waals surface area contributed by atoms with Gasteiger partial charge < -0.3 is 15.4 Å². The Morgan fingerprint density at radius 1 is 1.07 bits per heavy atom. The highest BCUT2D eigenvalue weighted by Gasteiger charge is 2.07. The lowest BCUT2D eigenvalue weighted by Crippen LogP contribution is -2.38. The molecule has 0 aliphatic rings. The average Bonchev–Trinajstić information content (AvgIpc) is 2.68. The molecule has 152 valence electrons. The van der Waals surface area contributed by atoms with Crippen LogP contribution >= 0.6 is 0 Å². The highest BCUT2D eigenvalue weighted by Crippen LogP contribution is 2.17. The monoisotopic (exact) mass is 404 g/mol. The van der Waals surface area contributed by atoms with E-state index in [2.05, 4.69) is 15.6 Å². The largest absolute Gasteiger partial charge is 0.496 e. The van der Waals surface area contributed by atoms with Crippen molar-refractivity contribution >= 4 is 16.0 Å². The summed E-state index contributed by atoms with van der Waals surface area (Å²) in [4.78, 5) is 4.73. The standard InChI is InChI=1S/C20H28N4O3S/c1-3-22-20(24-15-13-17-6-4-5-7-19(17)27-2)23-14-12-16-8-10-18(11-9-16)28(21,25)26/h4-11H,3,12-15H2,1-2H3,(H2,21,25,26)(H2,22,23,24). The van der Waals surface area contributed by atoms with Crippen LogP contribution in [0.5, 0.6) is 5.75 Å². The van der Waals surface area contributed by atoms with E-state index in [-0.39, 0.29) is 4.90 Å². The van der Waals surface area contributed by atoms with E-state index in [1.165, 1.54) is 12.1 Å². The molecule has 0 radical (unpaired) electrons. The Kier molecular flexibility index (Phi) is 8.28. The van der Waals surface area contributed by atoms with Gasteiger partial charge in [-0.25, -0.2) is 13.6 Å². The molecule has 8 heteroatoms. The number of rotatable bonds is 9. The maximum absolute atomic E-state index is 11.3. The molecule has 0 spiro atoms. The van der Waals surface area contributed by atoms with Crippen molar-refractivity contribution in [3.05, 3.63) is 59.7 Å². The van der Waals surface area contributed by atoms with E-state index in [4.69, 9.17) is 9.88 Å². The number of hydrogen-bond donors (Lipinski definition) is 3. The number of methoxy groups -OCH3 is 1. The zero-order chi connectivity index (χ0) is 20.4. The van der Waals surface area contributed by atoms with Crippen molar-refractivity contribution in [1.82, 2.24) is 10.6 Å². The topological polar surface area (TPSA) is 106 Å². The van der Waals surface area contributed by atoms with Gasteiger partial charge in [0.25, 0.3) is 0 Å².